The van der Waals surface area contributed by atoms with Crippen molar-refractivity contribution < 1.29 is 4.74 Å². The maximum atomic E-state index is 5.93. The van der Waals surface area contributed by atoms with Gasteiger partial charge in [-0.15, -0.1) is 10.2 Å². The summed E-state index contributed by atoms with van der Waals surface area (Å²) in [7, 11) is 0. The number of rotatable bonds is 4. The molecule has 0 aliphatic carbocycles. The number of aromatic nitrogens is 3. The van der Waals surface area contributed by atoms with Crippen molar-refractivity contribution in [1.29, 1.82) is 0 Å². The van der Waals surface area contributed by atoms with Gasteiger partial charge >= 0.3 is 0 Å². The SMILES string of the molecule is Cc1cc2nnc(CCOc3ccccc3)n2cc1N. The summed E-state index contributed by atoms with van der Waals surface area (Å²) in [4.78, 5) is 0. The first kappa shape index (κ1) is 12.5. The van der Waals surface area contributed by atoms with E-state index in [1.165, 1.54) is 0 Å². The van der Waals surface area contributed by atoms with Gasteiger partial charge in [-0.05, 0) is 30.7 Å². The Morgan fingerprint density at radius 3 is 2.80 bits per heavy atom. The van der Waals surface area contributed by atoms with E-state index in [9.17, 15) is 0 Å². The van der Waals surface area contributed by atoms with Crippen LogP contribution in [0.1, 0.15) is 11.4 Å². The second-order valence-corrected chi connectivity index (χ2v) is 4.67. The quantitative estimate of drug-likeness (QED) is 0.788. The number of nitrogen functional groups attached to an aromatic ring is 1. The lowest BCUT2D eigenvalue weighted by atomic mass is 10.2. The highest BCUT2D eigenvalue weighted by Crippen LogP contribution is 2.14. The lowest BCUT2D eigenvalue weighted by Gasteiger charge is -2.06. The van der Waals surface area contributed by atoms with E-state index in [-0.39, 0.29) is 0 Å². The number of ether oxygens (including phenoxy) is 1. The van der Waals surface area contributed by atoms with Gasteiger partial charge in [-0.3, -0.25) is 4.40 Å². The number of fused-ring (bicyclic) bond motifs is 1. The lowest BCUT2D eigenvalue weighted by Crippen LogP contribution is -2.05. The predicted octanol–water partition coefficient (Wildman–Crippen LogP) is 2.24. The van der Waals surface area contributed by atoms with Crippen LogP contribution in [-0.4, -0.2) is 21.2 Å². The second-order valence-electron chi connectivity index (χ2n) is 4.67. The Bertz CT molecular complexity index is 721. The van der Waals surface area contributed by atoms with E-state index < -0.39 is 0 Å². The summed E-state index contributed by atoms with van der Waals surface area (Å²) in [6, 6.07) is 11.7. The number of anilines is 1. The summed E-state index contributed by atoms with van der Waals surface area (Å²) in [6.45, 7) is 2.51. The van der Waals surface area contributed by atoms with Gasteiger partial charge in [0.25, 0.3) is 0 Å². The molecule has 0 saturated heterocycles. The largest absolute Gasteiger partial charge is 0.493 e. The molecule has 0 fully saturated rings. The van der Waals surface area contributed by atoms with Crippen LogP contribution >= 0.6 is 0 Å². The molecular formula is C15H16N4O. The van der Waals surface area contributed by atoms with Crippen LogP contribution in [0.5, 0.6) is 5.75 Å². The summed E-state index contributed by atoms with van der Waals surface area (Å²) in [6.07, 6.45) is 2.54. The first-order valence-corrected chi connectivity index (χ1v) is 6.51. The summed E-state index contributed by atoms with van der Waals surface area (Å²) in [5, 5.41) is 8.33. The molecule has 0 unspecified atom stereocenters. The topological polar surface area (TPSA) is 65.4 Å². The number of aryl methyl sites for hydroxylation is 1. The molecule has 0 saturated carbocycles. The van der Waals surface area contributed by atoms with E-state index in [1.54, 1.807) is 0 Å². The van der Waals surface area contributed by atoms with Crippen molar-refractivity contribution in [3.8, 4) is 5.75 Å². The number of hydrogen-bond donors (Lipinski definition) is 1. The van der Waals surface area contributed by atoms with Gasteiger partial charge in [-0.2, -0.15) is 0 Å². The van der Waals surface area contributed by atoms with Crippen LogP contribution in [0, 0.1) is 6.92 Å². The standard InChI is InChI=1S/C15H16N4O/c1-11-9-15-18-17-14(19(15)10-13(11)16)7-8-20-12-5-3-2-4-6-12/h2-6,9-10H,7-8,16H2,1H3. The molecule has 3 rings (SSSR count). The van der Waals surface area contributed by atoms with Crippen LogP contribution in [0.15, 0.2) is 42.6 Å². The molecule has 102 valence electrons. The highest BCUT2D eigenvalue weighted by atomic mass is 16.5. The highest BCUT2D eigenvalue weighted by Gasteiger charge is 2.07. The molecule has 3 aromatic rings. The van der Waals surface area contributed by atoms with Crippen LogP contribution < -0.4 is 10.5 Å². The maximum Gasteiger partial charge on any atom is 0.161 e. The number of nitrogens with two attached hydrogens (primary N) is 1. The van der Waals surface area contributed by atoms with E-state index in [4.69, 9.17) is 10.5 Å². The zero-order valence-electron chi connectivity index (χ0n) is 11.3. The van der Waals surface area contributed by atoms with Crippen molar-refractivity contribution in [3.63, 3.8) is 0 Å². The number of hydrogen-bond acceptors (Lipinski definition) is 4. The van der Waals surface area contributed by atoms with Gasteiger partial charge in [0, 0.05) is 12.6 Å². The normalized spacial score (nSPS) is 10.8. The Balaban J connectivity index is 1.73. The average Bonchev–Trinajstić information content (AvgIpc) is 2.83. The fourth-order valence-electron chi connectivity index (χ4n) is 2.04. The molecule has 20 heavy (non-hydrogen) atoms. The second kappa shape index (κ2) is 5.21. The number of para-hydroxylation sites is 1. The zero-order chi connectivity index (χ0) is 13.9. The van der Waals surface area contributed by atoms with Crippen molar-refractivity contribution >= 4 is 11.3 Å². The molecule has 2 N–H and O–H groups in total. The summed E-state index contributed by atoms with van der Waals surface area (Å²) in [5.41, 5.74) is 8.49. The number of nitrogens with zero attached hydrogens (tertiary/aromatic N) is 3. The van der Waals surface area contributed by atoms with E-state index in [0.29, 0.717) is 13.0 Å². The van der Waals surface area contributed by atoms with E-state index in [2.05, 4.69) is 10.2 Å². The third-order valence-corrected chi connectivity index (χ3v) is 3.20. The third kappa shape index (κ3) is 2.42. The van der Waals surface area contributed by atoms with Crippen LogP contribution in [0.3, 0.4) is 0 Å². The molecule has 0 amide bonds. The molecule has 5 heteroatoms. The smallest absolute Gasteiger partial charge is 0.161 e. The van der Waals surface area contributed by atoms with Gasteiger partial charge in [0.2, 0.25) is 0 Å². The number of benzene rings is 1. The maximum absolute atomic E-state index is 5.93. The van der Waals surface area contributed by atoms with Crippen molar-refractivity contribution in [2.24, 2.45) is 0 Å². The van der Waals surface area contributed by atoms with Gasteiger partial charge < -0.3 is 10.5 Å². The molecule has 0 aliphatic heterocycles. The first-order valence-electron chi connectivity index (χ1n) is 6.51. The summed E-state index contributed by atoms with van der Waals surface area (Å²) < 4.78 is 7.58. The first-order chi connectivity index (χ1) is 9.74. The Morgan fingerprint density at radius 1 is 1.20 bits per heavy atom. The number of pyridine rings is 1. The molecule has 5 nitrogen and oxygen atoms in total. The van der Waals surface area contributed by atoms with Gasteiger partial charge in [0.1, 0.15) is 11.6 Å². The highest BCUT2D eigenvalue weighted by molar-refractivity contribution is 5.53. The van der Waals surface area contributed by atoms with Crippen LogP contribution in [0.25, 0.3) is 5.65 Å². The van der Waals surface area contributed by atoms with Crippen molar-refractivity contribution in [2.45, 2.75) is 13.3 Å². The van der Waals surface area contributed by atoms with Gasteiger partial charge in [-0.1, -0.05) is 18.2 Å². The lowest BCUT2D eigenvalue weighted by molar-refractivity contribution is 0.318. The Hall–Kier alpha value is -2.56. The van der Waals surface area contributed by atoms with Crippen LogP contribution in [0.2, 0.25) is 0 Å². The predicted molar refractivity (Wildman–Crippen MR) is 77.8 cm³/mol. The monoisotopic (exact) mass is 268 g/mol. The molecule has 0 bridgehead atoms. The average molecular weight is 268 g/mol. The molecule has 0 radical (unpaired) electrons. The van der Waals surface area contributed by atoms with Crippen LogP contribution in [-0.2, 0) is 6.42 Å². The molecule has 0 aliphatic rings. The summed E-state index contributed by atoms with van der Waals surface area (Å²) >= 11 is 0. The van der Waals surface area contributed by atoms with Gasteiger partial charge in [0.15, 0.2) is 5.65 Å². The molecule has 2 aromatic heterocycles. The Kier molecular flexibility index (Phi) is 3.25. The van der Waals surface area contributed by atoms with Crippen molar-refractivity contribution in [1.82, 2.24) is 14.6 Å². The molecule has 0 atom stereocenters. The Morgan fingerprint density at radius 2 is 2.00 bits per heavy atom. The minimum Gasteiger partial charge on any atom is -0.493 e. The van der Waals surface area contributed by atoms with E-state index >= 15 is 0 Å². The fraction of sp³-hybridized carbons (Fsp3) is 0.200. The molecule has 1 aromatic carbocycles. The minimum absolute atomic E-state index is 0.554. The Labute approximate surface area is 117 Å². The van der Waals surface area contributed by atoms with E-state index in [0.717, 1.165) is 28.5 Å². The zero-order valence-corrected chi connectivity index (χ0v) is 11.3. The summed E-state index contributed by atoms with van der Waals surface area (Å²) in [5.74, 6) is 1.71. The van der Waals surface area contributed by atoms with Crippen molar-refractivity contribution in [2.75, 3.05) is 12.3 Å². The van der Waals surface area contributed by atoms with Gasteiger partial charge in [-0.25, -0.2) is 0 Å². The minimum atomic E-state index is 0.554. The molecule has 0 spiro atoms. The van der Waals surface area contributed by atoms with Crippen molar-refractivity contribution in [3.05, 3.63) is 54.0 Å². The molecular weight excluding hydrogens is 252 g/mol. The third-order valence-electron chi connectivity index (χ3n) is 3.20. The van der Waals surface area contributed by atoms with E-state index in [1.807, 2.05) is 53.9 Å². The molecule has 2 heterocycles. The fourth-order valence-corrected chi connectivity index (χ4v) is 2.04. The van der Waals surface area contributed by atoms with Gasteiger partial charge in [0.05, 0.1) is 12.3 Å². The van der Waals surface area contributed by atoms with Crippen LogP contribution in [0.4, 0.5) is 5.69 Å².